The Morgan fingerprint density at radius 2 is 1.82 bits per heavy atom. The van der Waals surface area contributed by atoms with Crippen LogP contribution in [0.25, 0.3) is 0 Å². The van der Waals surface area contributed by atoms with E-state index in [9.17, 15) is 0 Å². The van der Waals surface area contributed by atoms with E-state index in [2.05, 4.69) is 49.2 Å². The van der Waals surface area contributed by atoms with Gasteiger partial charge in [0.05, 0.1) is 0 Å². The van der Waals surface area contributed by atoms with E-state index >= 15 is 0 Å². The average Bonchev–Trinajstić information content (AvgIpc) is 2.55. The molecule has 94 valence electrons. The molecule has 1 nitrogen and oxygen atoms in total. The first kappa shape index (κ1) is 12.6. The molecule has 0 N–H and O–H groups in total. The summed E-state index contributed by atoms with van der Waals surface area (Å²) in [4.78, 5) is 2.55. The largest absolute Gasteiger partial charge is 0.299 e. The molecule has 17 heavy (non-hydrogen) atoms. The highest BCUT2D eigenvalue weighted by Gasteiger charge is 2.20. The molecule has 1 aliphatic carbocycles. The Labute approximate surface area is 106 Å². The first-order valence-electron chi connectivity index (χ1n) is 7.00. The molecule has 0 spiro atoms. The third kappa shape index (κ3) is 3.85. The van der Waals surface area contributed by atoms with Gasteiger partial charge in [-0.2, -0.15) is 0 Å². The van der Waals surface area contributed by atoms with Crippen LogP contribution in [0.5, 0.6) is 0 Å². The van der Waals surface area contributed by atoms with Crippen LogP contribution < -0.4 is 0 Å². The third-order valence-corrected chi connectivity index (χ3v) is 4.06. The second-order valence-corrected chi connectivity index (χ2v) is 5.68. The van der Waals surface area contributed by atoms with Gasteiger partial charge < -0.3 is 0 Å². The van der Waals surface area contributed by atoms with Crippen LogP contribution in [0.1, 0.15) is 44.6 Å². The molecule has 0 radical (unpaired) electrons. The summed E-state index contributed by atoms with van der Waals surface area (Å²) < 4.78 is 0. The van der Waals surface area contributed by atoms with E-state index < -0.39 is 0 Å². The zero-order valence-corrected chi connectivity index (χ0v) is 11.2. The molecule has 2 atom stereocenters. The van der Waals surface area contributed by atoms with Crippen molar-refractivity contribution in [1.29, 1.82) is 0 Å². The van der Waals surface area contributed by atoms with Crippen LogP contribution in [-0.4, -0.2) is 18.0 Å². The first-order chi connectivity index (χ1) is 8.25. The normalized spacial score (nSPS) is 25.8. The number of hydrogen-bond acceptors (Lipinski definition) is 1. The number of rotatable bonds is 3. The summed E-state index contributed by atoms with van der Waals surface area (Å²) >= 11 is 0. The molecule has 1 fully saturated rings. The number of hydrogen-bond donors (Lipinski definition) is 0. The van der Waals surface area contributed by atoms with Gasteiger partial charge in [0.2, 0.25) is 0 Å². The van der Waals surface area contributed by atoms with E-state index in [4.69, 9.17) is 0 Å². The minimum Gasteiger partial charge on any atom is -0.299 e. The Hall–Kier alpha value is -0.820. The summed E-state index contributed by atoms with van der Waals surface area (Å²) in [5, 5.41) is 0. The molecule has 1 aromatic carbocycles. The minimum absolute atomic E-state index is 0.785. The lowest BCUT2D eigenvalue weighted by Gasteiger charge is -2.28. The van der Waals surface area contributed by atoms with Crippen molar-refractivity contribution < 1.29 is 0 Å². The molecule has 2 rings (SSSR count). The fourth-order valence-corrected chi connectivity index (χ4v) is 2.97. The van der Waals surface area contributed by atoms with E-state index in [1.54, 1.807) is 0 Å². The molecule has 0 heterocycles. The Balaban J connectivity index is 1.92. The lowest BCUT2D eigenvalue weighted by atomic mass is 9.99. The van der Waals surface area contributed by atoms with Crippen molar-refractivity contribution in [3.63, 3.8) is 0 Å². The maximum Gasteiger partial charge on any atom is 0.0233 e. The molecule has 1 aromatic rings. The van der Waals surface area contributed by atoms with Crippen molar-refractivity contribution in [2.45, 2.75) is 51.6 Å². The summed E-state index contributed by atoms with van der Waals surface area (Å²) in [5.74, 6) is 0.903. The van der Waals surface area contributed by atoms with Gasteiger partial charge in [-0.05, 0) is 31.4 Å². The second kappa shape index (κ2) is 6.20. The predicted molar refractivity (Wildman–Crippen MR) is 73.9 cm³/mol. The number of benzene rings is 1. The van der Waals surface area contributed by atoms with E-state index in [0.717, 1.165) is 18.5 Å². The highest BCUT2D eigenvalue weighted by atomic mass is 15.1. The van der Waals surface area contributed by atoms with Crippen LogP contribution in [0.4, 0.5) is 0 Å². The lowest BCUT2D eigenvalue weighted by Crippen LogP contribution is -2.31. The van der Waals surface area contributed by atoms with Gasteiger partial charge in [-0.1, -0.05) is 56.5 Å². The highest BCUT2D eigenvalue weighted by Crippen LogP contribution is 2.26. The molecule has 1 aliphatic rings. The van der Waals surface area contributed by atoms with Crippen LogP contribution >= 0.6 is 0 Å². The molecular formula is C16H25N. The first-order valence-corrected chi connectivity index (χ1v) is 7.00. The van der Waals surface area contributed by atoms with Crippen molar-refractivity contribution in [2.75, 3.05) is 7.05 Å². The smallest absolute Gasteiger partial charge is 0.0233 e. The van der Waals surface area contributed by atoms with Gasteiger partial charge in [0.15, 0.2) is 0 Å². The summed E-state index contributed by atoms with van der Waals surface area (Å²) in [7, 11) is 2.29. The highest BCUT2D eigenvalue weighted by molar-refractivity contribution is 5.14. The van der Waals surface area contributed by atoms with E-state index in [0.29, 0.717) is 0 Å². The quantitative estimate of drug-likeness (QED) is 0.708. The van der Waals surface area contributed by atoms with E-state index in [1.807, 2.05) is 0 Å². The monoisotopic (exact) mass is 231 g/mol. The zero-order chi connectivity index (χ0) is 12.1. The van der Waals surface area contributed by atoms with E-state index in [1.165, 1.54) is 37.7 Å². The molecule has 0 aliphatic heterocycles. The molecule has 0 amide bonds. The van der Waals surface area contributed by atoms with Crippen molar-refractivity contribution in [1.82, 2.24) is 4.90 Å². The standard InChI is InChI=1S/C16H25N/c1-14-8-6-7-11-16(12-14)17(2)13-15-9-4-3-5-10-15/h3-5,9-10,14,16H,6-8,11-13H2,1-2H3/t14-,16+/m0/s1. The molecule has 0 saturated heterocycles. The van der Waals surface area contributed by atoms with Crippen LogP contribution in [0.3, 0.4) is 0 Å². The van der Waals surface area contributed by atoms with E-state index in [-0.39, 0.29) is 0 Å². The third-order valence-electron chi connectivity index (χ3n) is 4.06. The van der Waals surface area contributed by atoms with Gasteiger partial charge in [-0.3, -0.25) is 4.90 Å². The van der Waals surface area contributed by atoms with Crippen molar-refractivity contribution in [3.05, 3.63) is 35.9 Å². The van der Waals surface area contributed by atoms with Gasteiger partial charge in [0, 0.05) is 12.6 Å². The predicted octanol–water partition coefficient (Wildman–Crippen LogP) is 4.09. The Kier molecular flexibility index (Phi) is 4.61. The second-order valence-electron chi connectivity index (χ2n) is 5.68. The summed E-state index contributed by atoms with van der Waals surface area (Å²) in [5.41, 5.74) is 1.44. The van der Waals surface area contributed by atoms with Gasteiger partial charge in [-0.15, -0.1) is 0 Å². The van der Waals surface area contributed by atoms with Crippen molar-refractivity contribution in [3.8, 4) is 0 Å². The lowest BCUT2D eigenvalue weighted by molar-refractivity contribution is 0.199. The van der Waals surface area contributed by atoms with Crippen molar-refractivity contribution >= 4 is 0 Å². The van der Waals surface area contributed by atoms with Crippen LogP contribution in [0.2, 0.25) is 0 Å². The van der Waals surface area contributed by atoms with Crippen LogP contribution in [0, 0.1) is 5.92 Å². The topological polar surface area (TPSA) is 3.24 Å². The van der Waals surface area contributed by atoms with Gasteiger partial charge in [-0.25, -0.2) is 0 Å². The van der Waals surface area contributed by atoms with Gasteiger partial charge >= 0.3 is 0 Å². The Bertz CT molecular complexity index is 320. The minimum atomic E-state index is 0.785. The average molecular weight is 231 g/mol. The fourth-order valence-electron chi connectivity index (χ4n) is 2.97. The van der Waals surface area contributed by atoms with Crippen molar-refractivity contribution in [2.24, 2.45) is 5.92 Å². The summed E-state index contributed by atoms with van der Waals surface area (Å²) in [6.45, 7) is 3.51. The van der Waals surface area contributed by atoms with Crippen LogP contribution in [0.15, 0.2) is 30.3 Å². The molecule has 0 aromatic heterocycles. The van der Waals surface area contributed by atoms with Gasteiger partial charge in [0.25, 0.3) is 0 Å². The molecule has 1 saturated carbocycles. The molecule has 0 unspecified atom stereocenters. The molecule has 1 heteroatoms. The summed E-state index contributed by atoms with van der Waals surface area (Å²) in [6, 6.07) is 11.6. The SMILES string of the molecule is C[C@H]1CCCC[C@@H](N(C)Cc2ccccc2)C1. The maximum atomic E-state index is 2.55. The maximum absolute atomic E-state index is 2.55. The number of nitrogens with zero attached hydrogens (tertiary/aromatic N) is 1. The zero-order valence-electron chi connectivity index (χ0n) is 11.2. The van der Waals surface area contributed by atoms with Crippen LogP contribution in [-0.2, 0) is 6.54 Å². The van der Waals surface area contributed by atoms with Gasteiger partial charge in [0.1, 0.15) is 0 Å². The molecular weight excluding hydrogens is 206 g/mol. The summed E-state index contributed by atoms with van der Waals surface area (Å²) in [6.07, 6.45) is 7.03. The Morgan fingerprint density at radius 3 is 2.59 bits per heavy atom. The fraction of sp³-hybridized carbons (Fsp3) is 0.625. The Morgan fingerprint density at radius 1 is 1.12 bits per heavy atom. The molecule has 0 bridgehead atoms.